The fraction of sp³-hybridized carbons (Fsp3) is 0.269. The smallest absolute Gasteiger partial charge is 0.261 e. The van der Waals surface area contributed by atoms with E-state index in [4.69, 9.17) is 0 Å². The van der Waals surface area contributed by atoms with Crippen LogP contribution in [0.4, 0.5) is 14.5 Å². The predicted molar refractivity (Wildman–Crippen MR) is 125 cm³/mol. The number of rotatable bonds is 3. The minimum Gasteiger partial charge on any atom is -0.307 e. The zero-order valence-corrected chi connectivity index (χ0v) is 19.1. The molecular weight excluding hydrogens is 474 g/mol. The van der Waals surface area contributed by atoms with Gasteiger partial charge in [0.05, 0.1) is 5.56 Å². The Bertz CT molecular complexity index is 1160. The van der Waals surface area contributed by atoms with E-state index in [1.807, 2.05) is 12.1 Å². The number of halogens is 3. The van der Waals surface area contributed by atoms with Crippen molar-refractivity contribution in [3.05, 3.63) is 99.5 Å². The molecule has 0 atom stereocenters. The summed E-state index contributed by atoms with van der Waals surface area (Å²) < 4.78 is 29.6. The monoisotopic (exact) mass is 496 g/mol. The maximum Gasteiger partial charge on any atom is 0.261 e. The first-order valence-corrected chi connectivity index (χ1v) is 11.6. The van der Waals surface area contributed by atoms with Gasteiger partial charge in [-0.05, 0) is 79.5 Å². The number of likely N-dealkylation sites (tertiary alicyclic amines) is 1. The highest BCUT2D eigenvalue weighted by molar-refractivity contribution is 9.10. The standard InChI is InChI=1S/C26H23BrF2N2O/c27-19-7-5-18(6-8-19)16-30-13-11-26(12-14-30)17-31(24-10-9-20(28)15-22(24)26)25(32)21-3-1-2-4-23(21)29/h1-10,15H,11-14,16-17H2. The summed E-state index contributed by atoms with van der Waals surface area (Å²) in [4.78, 5) is 17.3. The number of amides is 1. The fourth-order valence-electron chi connectivity index (χ4n) is 5.02. The number of hydrogen-bond donors (Lipinski definition) is 0. The zero-order valence-electron chi connectivity index (χ0n) is 17.5. The molecule has 3 aromatic rings. The normalized spacial score (nSPS) is 17.5. The van der Waals surface area contributed by atoms with Crippen LogP contribution in [0.15, 0.2) is 71.2 Å². The second-order valence-electron chi connectivity index (χ2n) is 8.72. The van der Waals surface area contributed by atoms with E-state index >= 15 is 0 Å². The van der Waals surface area contributed by atoms with Gasteiger partial charge in [-0.1, -0.05) is 40.2 Å². The average Bonchev–Trinajstić information content (AvgIpc) is 3.10. The Morgan fingerprint density at radius 1 is 0.969 bits per heavy atom. The Hall–Kier alpha value is -2.57. The number of hydrogen-bond acceptors (Lipinski definition) is 2. The molecule has 5 rings (SSSR count). The summed E-state index contributed by atoms with van der Waals surface area (Å²) in [7, 11) is 0. The Labute approximate surface area is 194 Å². The van der Waals surface area contributed by atoms with Crippen LogP contribution in [0, 0.1) is 11.6 Å². The van der Waals surface area contributed by atoms with Gasteiger partial charge < -0.3 is 4.90 Å². The predicted octanol–water partition coefficient (Wildman–Crippen LogP) is 5.92. The van der Waals surface area contributed by atoms with Gasteiger partial charge in [0, 0.05) is 28.7 Å². The van der Waals surface area contributed by atoms with Crippen LogP contribution >= 0.6 is 15.9 Å². The summed E-state index contributed by atoms with van der Waals surface area (Å²) in [5.41, 5.74) is 2.55. The molecule has 3 aromatic carbocycles. The lowest BCUT2D eigenvalue weighted by Crippen LogP contribution is -2.45. The largest absolute Gasteiger partial charge is 0.307 e. The molecule has 0 aliphatic carbocycles. The molecule has 2 heterocycles. The number of carbonyl (C=O) groups excluding carboxylic acids is 1. The van der Waals surface area contributed by atoms with Gasteiger partial charge in [-0.15, -0.1) is 0 Å². The second kappa shape index (κ2) is 8.41. The third-order valence-electron chi connectivity index (χ3n) is 6.76. The van der Waals surface area contributed by atoms with Crippen LogP contribution in [-0.2, 0) is 12.0 Å². The van der Waals surface area contributed by atoms with Crippen molar-refractivity contribution in [3.63, 3.8) is 0 Å². The van der Waals surface area contributed by atoms with Crippen molar-refractivity contribution in [1.82, 2.24) is 4.90 Å². The van der Waals surface area contributed by atoms with Crippen molar-refractivity contribution in [2.24, 2.45) is 0 Å². The first-order chi connectivity index (χ1) is 15.4. The van der Waals surface area contributed by atoms with Gasteiger partial charge in [-0.2, -0.15) is 0 Å². The first-order valence-electron chi connectivity index (χ1n) is 10.8. The van der Waals surface area contributed by atoms with Gasteiger partial charge >= 0.3 is 0 Å². The van der Waals surface area contributed by atoms with Crippen molar-refractivity contribution in [1.29, 1.82) is 0 Å². The molecule has 1 spiro atoms. The van der Waals surface area contributed by atoms with Crippen molar-refractivity contribution >= 4 is 27.5 Å². The van der Waals surface area contributed by atoms with E-state index in [1.54, 1.807) is 29.2 Å². The minimum absolute atomic E-state index is 0.0486. The topological polar surface area (TPSA) is 23.6 Å². The minimum atomic E-state index is -0.536. The Morgan fingerprint density at radius 2 is 1.69 bits per heavy atom. The van der Waals surface area contributed by atoms with Crippen molar-refractivity contribution in [3.8, 4) is 0 Å². The number of piperidine rings is 1. The summed E-state index contributed by atoms with van der Waals surface area (Å²) in [6.45, 7) is 3.02. The van der Waals surface area contributed by atoms with E-state index in [2.05, 4.69) is 33.0 Å². The molecule has 32 heavy (non-hydrogen) atoms. The van der Waals surface area contributed by atoms with Crippen LogP contribution in [-0.4, -0.2) is 30.4 Å². The highest BCUT2D eigenvalue weighted by Crippen LogP contribution is 2.48. The summed E-state index contributed by atoms with van der Waals surface area (Å²) in [6.07, 6.45) is 1.64. The maximum atomic E-state index is 14.3. The molecule has 0 aromatic heterocycles. The van der Waals surface area contributed by atoms with Crippen LogP contribution in [0.1, 0.15) is 34.3 Å². The Balaban J connectivity index is 1.39. The Kier molecular flexibility index (Phi) is 5.59. The van der Waals surface area contributed by atoms with Crippen LogP contribution in [0.5, 0.6) is 0 Å². The third-order valence-corrected chi connectivity index (χ3v) is 7.29. The summed E-state index contributed by atoms with van der Waals surface area (Å²) in [5, 5.41) is 0. The molecule has 0 saturated carbocycles. The number of carbonyl (C=O) groups is 1. The zero-order chi connectivity index (χ0) is 22.3. The molecule has 2 aliphatic rings. The lowest BCUT2D eigenvalue weighted by Gasteiger charge is -2.40. The van der Waals surface area contributed by atoms with E-state index in [0.29, 0.717) is 12.2 Å². The van der Waals surface area contributed by atoms with Crippen molar-refractivity contribution in [2.45, 2.75) is 24.8 Å². The number of nitrogens with zero attached hydrogens (tertiary/aromatic N) is 2. The molecule has 3 nitrogen and oxygen atoms in total. The molecule has 0 radical (unpaired) electrons. The summed E-state index contributed by atoms with van der Waals surface area (Å²) in [6, 6.07) is 19.0. The first kappa shape index (κ1) is 21.3. The molecule has 0 unspecified atom stereocenters. The van der Waals surface area contributed by atoms with Gasteiger partial charge in [0.15, 0.2) is 0 Å². The van der Waals surface area contributed by atoms with E-state index in [0.717, 1.165) is 42.5 Å². The third kappa shape index (κ3) is 3.86. The summed E-state index contributed by atoms with van der Waals surface area (Å²) >= 11 is 3.47. The van der Waals surface area contributed by atoms with Gasteiger partial charge in [0.1, 0.15) is 11.6 Å². The number of benzene rings is 3. The SMILES string of the molecule is O=C(c1ccccc1F)N1CC2(CCN(Cc3ccc(Br)cc3)CC2)c2cc(F)ccc21. The molecule has 0 N–H and O–H groups in total. The van der Waals surface area contributed by atoms with E-state index in [9.17, 15) is 13.6 Å². The summed E-state index contributed by atoms with van der Waals surface area (Å²) in [5.74, 6) is -1.21. The molecular formula is C26H23BrF2N2O. The highest BCUT2D eigenvalue weighted by Gasteiger charge is 2.46. The van der Waals surface area contributed by atoms with Crippen molar-refractivity contribution < 1.29 is 13.6 Å². The van der Waals surface area contributed by atoms with Gasteiger partial charge in [-0.3, -0.25) is 9.69 Å². The van der Waals surface area contributed by atoms with E-state index in [-0.39, 0.29) is 22.7 Å². The Morgan fingerprint density at radius 3 is 2.41 bits per heavy atom. The highest BCUT2D eigenvalue weighted by atomic mass is 79.9. The van der Waals surface area contributed by atoms with E-state index < -0.39 is 5.82 Å². The van der Waals surface area contributed by atoms with E-state index in [1.165, 1.54) is 23.8 Å². The second-order valence-corrected chi connectivity index (χ2v) is 9.63. The quantitative estimate of drug-likeness (QED) is 0.449. The number of anilines is 1. The van der Waals surface area contributed by atoms with Gasteiger partial charge in [-0.25, -0.2) is 8.78 Å². The maximum absolute atomic E-state index is 14.3. The van der Waals surface area contributed by atoms with Crippen LogP contribution < -0.4 is 4.90 Å². The molecule has 1 fully saturated rings. The van der Waals surface area contributed by atoms with Crippen LogP contribution in [0.2, 0.25) is 0 Å². The lowest BCUT2D eigenvalue weighted by molar-refractivity contribution is 0.0971. The van der Waals surface area contributed by atoms with Crippen LogP contribution in [0.25, 0.3) is 0 Å². The molecule has 6 heteroatoms. The fourth-order valence-corrected chi connectivity index (χ4v) is 5.28. The van der Waals surface area contributed by atoms with Crippen molar-refractivity contribution in [2.75, 3.05) is 24.5 Å². The molecule has 164 valence electrons. The van der Waals surface area contributed by atoms with Gasteiger partial charge in [0.2, 0.25) is 0 Å². The molecule has 1 saturated heterocycles. The van der Waals surface area contributed by atoms with Gasteiger partial charge in [0.25, 0.3) is 5.91 Å². The molecule has 0 bridgehead atoms. The molecule has 2 aliphatic heterocycles. The van der Waals surface area contributed by atoms with Crippen LogP contribution in [0.3, 0.4) is 0 Å². The molecule has 1 amide bonds. The average molecular weight is 497 g/mol. The number of fused-ring (bicyclic) bond motifs is 2. The lowest BCUT2D eigenvalue weighted by atomic mass is 9.74.